The molecule has 0 unspecified atom stereocenters. The lowest BCUT2D eigenvalue weighted by atomic mass is 10.2. The van der Waals surface area contributed by atoms with Crippen LogP contribution in [0.1, 0.15) is 5.56 Å². The highest BCUT2D eigenvalue weighted by atomic mass is 35.5. The number of ether oxygens (including phenoxy) is 1. The van der Waals surface area contributed by atoms with Crippen LogP contribution in [-0.4, -0.2) is 37.3 Å². The number of anilines is 1. The van der Waals surface area contributed by atoms with Crippen LogP contribution >= 0.6 is 11.6 Å². The Balaban J connectivity index is 1.94. The number of morpholine rings is 1. The molecule has 1 saturated heterocycles. The summed E-state index contributed by atoms with van der Waals surface area (Å²) in [6, 6.07) is 5.21. The van der Waals surface area contributed by atoms with Gasteiger partial charge in [-0.25, -0.2) is 9.80 Å². The predicted octanol–water partition coefficient (Wildman–Crippen LogP) is 2.02. The Hall–Kier alpha value is -1.30. The van der Waals surface area contributed by atoms with Gasteiger partial charge in [0, 0.05) is 13.1 Å². The summed E-state index contributed by atoms with van der Waals surface area (Å²) in [5, 5.41) is 5.12. The third-order valence-corrected chi connectivity index (χ3v) is 3.05. The number of para-hydroxylation sites is 1. The van der Waals surface area contributed by atoms with Crippen LogP contribution in [0.2, 0.25) is 5.02 Å². The van der Waals surface area contributed by atoms with Crippen molar-refractivity contribution in [2.24, 2.45) is 0 Å². The van der Waals surface area contributed by atoms with E-state index in [2.05, 4.69) is 10.7 Å². The second-order valence-corrected chi connectivity index (χ2v) is 4.50. The fraction of sp³-hybridized carbons (Fsp3) is 0.417. The smallest absolute Gasteiger partial charge is 0.333 e. The van der Waals surface area contributed by atoms with Gasteiger partial charge in [-0.1, -0.05) is 23.7 Å². The molecule has 0 bridgehead atoms. The Morgan fingerprint density at radius 1 is 1.39 bits per heavy atom. The molecule has 18 heavy (non-hydrogen) atoms. The summed E-state index contributed by atoms with van der Waals surface area (Å²) in [7, 11) is 0. The van der Waals surface area contributed by atoms with Crippen molar-refractivity contribution in [3.05, 3.63) is 28.8 Å². The van der Waals surface area contributed by atoms with Gasteiger partial charge in [-0.15, -0.1) is 0 Å². The quantitative estimate of drug-likeness (QED) is 0.864. The molecule has 6 heteroatoms. The molecule has 0 saturated carbocycles. The Bertz CT molecular complexity index is 413. The van der Waals surface area contributed by atoms with Gasteiger partial charge >= 0.3 is 6.03 Å². The van der Waals surface area contributed by atoms with Gasteiger partial charge in [0.15, 0.2) is 0 Å². The highest BCUT2D eigenvalue weighted by molar-refractivity contribution is 6.33. The molecule has 0 aliphatic carbocycles. The average molecular weight is 270 g/mol. The van der Waals surface area contributed by atoms with Crippen molar-refractivity contribution in [1.29, 1.82) is 0 Å². The van der Waals surface area contributed by atoms with Crippen LogP contribution in [0.25, 0.3) is 0 Å². The lowest BCUT2D eigenvalue weighted by Gasteiger charge is -2.27. The first-order valence-corrected chi connectivity index (χ1v) is 6.20. The summed E-state index contributed by atoms with van der Waals surface area (Å²) in [5.74, 6) is 0. The molecule has 2 N–H and O–H groups in total. The molecular formula is C12H16ClN3O2. The number of hydrazine groups is 1. The van der Waals surface area contributed by atoms with Crippen molar-refractivity contribution in [1.82, 2.24) is 10.4 Å². The Morgan fingerprint density at radius 2 is 2.11 bits per heavy atom. The number of aryl methyl sites for hydroxylation is 1. The van der Waals surface area contributed by atoms with E-state index in [0.717, 1.165) is 5.56 Å². The van der Waals surface area contributed by atoms with Crippen molar-refractivity contribution in [3.8, 4) is 0 Å². The molecule has 0 radical (unpaired) electrons. The summed E-state index contributed by atoms with van der Waals surface area (Å²) in [6.07, 6.45) is 0. The molecule has 1 heterocycles. The van der Waals surface area contributed by atoms with Gasteiger partial charge < -0.3 is 10.1 Å². The number of amides is 2. The van der Waals surface area contributed by atoms with Gasteiger partial charge in [0.1, 0.15) is 0 Å². The number of rotatable bonds is 2. The van der Waals surface area contributed by atoms with E-state index in [1.54, 1.807) is 6.07 Å². The molecule has 1 aliphatic heterocycles. The Morgan fingerprint density at radius 3 is 2.78 bits per heavy atom. The lowest BCUT2D eigenvalue weighted by Crippen LogP contribution is -2.49. The summed E-state index contributed by atoms with van der Waals surface area (Å²) in [6.45, 7) is 4.54. The monoisotopic (exact) mass is 269 g/mol. The van der Waals surface area contributed by atoms with Crippen LogP contribution in [-0.2, 0) is 4.74 Å². The van der Waals surface area contributed by atoms with Crippen molar-refractivity contribution < 1.29 is 9.53 Å². The number of nitrogens with one attached hydrogen (secondary N) is 2. The van der Waals surface area contributed by atoms with E-state index in [9.17, 15) is 4.79 Å². The fourth-order valence-electron chi connectivity index (χ4n) is 1.75. The first-order chi connectivity index (χ1) is 8.66. The maximum absolute atomic E-state index is 11.8. The number of benzene rings is 1. The number of carbonyl (C=O) groups excluding carboxylic acids is 1. The SMILES string of the molecule is Cc1cccc(Cl)c1NC(=O)NN1CCOCC1. The van der Waals surface area contributed by atoms with E-state index in [1.807, 2.05) is 24.1 Å². The van der Waals surface area contributed by atoms with Crippen LogP contribution in [0.3, 0.4) is 0 Å². The highest BCUT2D eigenvalue weighted by Gasteiger charge is 2.14. The standard InChI is InChI=1S/C12H16ClN3O2/c1-9-3-2-4-10(13)11(9)14-12(17)15-16-5-7-18-8-6-16/h2-4H,5-8H2,1H3,(H2,14,15,17). The third-order valence-electron chi connectivity index (χ3n) is 2.73. The van der Waals surface area contributed by atoms with Gasteiger partial charge in [-0.2, -0.15) is 0 Å². The maximum atomic E-state index is 11.8. The molecule has 1 fully saturated rings. The second-order valence-electron chi connectivity index (χ2n) is 4.10. The van der Waals surface area contributed by atoms with Crippen molar-refractivity contribution in [3.63, 3.8) is 0 Å². The molecule has 5 nitrogen and oxygen atoms in total. The van der Waals surface area contributed by atoms with Crippen molar-refractivity contribution >= 4 is 23.3 Å². The van der Waals surface area contributed by atoms with Gasteiger partial charge in [-0.3, -0.25) is 5.43 Å². The minimum absolute atomic E-state index is 0.284. The van der Waals surface area contributed by atoms with E-state index < -0.39 is 0 Å². The van der Waals surface area contributed by atoms with Gasteiger partial charge in [0.05, 0.1) is 23.9 Å². The number of hydrogen-bond acceptors (Lipinski definition) is 3. The minimum Gasteiger partial charge on any atom is -0.379 e. The number of nitrogens with zero attached hydrogens (tertiary/aromatic N) is 1. The van der Waals surface area contributed by atoms with Crippen molar-refractivity contribution in [2.45, 2.75) is 6.92 Å². The highest BCUT2D eigenvalue weighted by Crippen LogP contribution is 2.24. The molecule has 2 rings (SSSR count). The van der Waals surface area contributed by atoms with Crippen LogP contribution in [0.4, 0.5) is 10.5 Å². The molecular weight excluding hydrogens is 254 g/mol. The van der Waals surface area contributed by atoms with E-state index >= 15 is 0 Å². The first-order valence-electron chi connectivity index (χ1n) is 5.82. The van der Waals surface area contributed by atoms with Crippen LogP contribution in [0, 0.1) is 6.92 Å². The number of hydrogen-bond donors (Lipinski definition) is 2. The predicted molar refractivity (Wildman–Crippen MR) is 70.7 cm³/mol. The number of urea groups is 1. The molecule has 0 atom stereocenters. The van der Waals surface area contributed by atoms with Crippen LogP contribution in [0.5, 0.6) is 0 Å². The van der Waals surface area contributed by atoms with Gasteiger partial charge in [0.2, 0.25) is 0 Å². The molecule has 0 spiro atoms. The van der Waals surface area contributed by atoms with E-state index in [1.165, 1.54) is 0 Å². The summed E-state index contributed by atoms with van der Waals surface area (Å²) in [5.41, 5.74) is 4.34. The summed E-state index contributed by atoms with van der Waals surface area (Å²) < 4.78 is 5.20. The zero-order valence-corrected chi connectivity index (χ0v) is 11.0. The van der Waals surface area contributed by atoms with E-state index in [0.29, 0.717) is 37.0 Å². The van der Waals surface area contributed by atoms with E-state index in [-0.39, 0.29) is 6.03 Å². The summed E-state index contributed by atoms with van der Waals surface area (Å²) in [4.78, 5) is 11.8. The van der Waals surface area contributed by atoms with Gasteiger partial charge in [-0.05, 0) is 18.6 Å². The normalized spacial score (nSPS) is 16.3. The topological polar surface area (TPSA) is 53.6 Å². The van der Waals surface area contributed by atoms with E-state index in [4.69, 9.17) is 16.3 Å². The zero-order chi connectivity index (χ0) is 13.0. The third kappa shape index (κ3) is 3.35. The second kappa shape index (κ2) is 6.04. The molecule has 1 aliphatic rings. The average Bonchev–Trinajstić information content (AvgIpc) is 2.35. The Labute approximate surface area is 111 Å². The molecule has 98 valence electrons. The Kier molecular flexibility index (Phi) is 4.41. The zero-order valence-electron chi connectivity index (χ0n) is 10.2. The number of halogens is 1. The number of carbonyl (C=O) groups is 1. The lowest BCUT2D eigenvalue weighted by molar-refractivity contribution is 0.0207. The summed E-state index contributed by atoms with van der Waals surface area (Å²) >= 11 is 6.04. The van der Waals surface area contributed by atoms with Gasteiger partial charge in [0.25, 0.3) is 0 Å². The van der Waals surface area contributed by atoms with Crippen LogP contribution in [0.15, 0.2) is 18.2 Å². The minimum atomic E-state index is -0.284. The van der Waals surface area contributed by atoms with Crippen LogP contribution < -0.4 is 10.7 Å². The molecule has 2 amide bonds. The van der Waals surface area contributed by atoms with Crippen molar-refractivity contribution in [2.75, 3.05) is 31.6 Å². The fourth-order valence-corrected chi connectivity index (χ4v) is 2.02. The molecule has 1 aromatic carbocycles. The largest absolute Gasteiger partial charge is 0.379 e. The maximum Gasteiger partial charge on any atom is 0.333 e. The molecule has 1 aromatic rings. The molecule has 0 aromatic heterocycles. The first kappa shape index (κ1) is 13.1.